The summed E-state index contributed by atoms with van der Waals surface area (Å²) in [6, 6.07) is 17.8. The number of ether oxygens (including phenoxy) is 2. The van der Waals surface area contributed by atoms with E-state index in [4.69, 9.17) is 19.4 Å². The zero-order valence-corrected chi connectivity index (χ0v) is 29.2. The molecule has 3 atom stereocenters. The molecule has 2 heterocycles. The van der Waals surface area contributed by atoms with E-state index in [2.05, 4.69) is 12.4 Å². The molecule has 1 saturated heterocycles. The first-order valence-corrected chi connectivity index (χ1v) is 18.0. The maximum atomic E-state index is 14.2. The number of amides is 3. The number of primary amides is 1. The van der Waals surface area contributed by atoms with E-state index in [0.29, 0.717) is 41.2 Å². The second-order valence-corrected chi connectivity index (χ2v) is 14.6. The fourth-order valence-electron chi connectivity index (χ4n) is 6.29. The van der Waals surface area contributed by atoms with Crippen molar-refractivity contribution >= 4 is 39.1 Å². The molecule has 1 aliphatic heterocycles. The Balaban J connectivity index is 1.40. The summed E-state index contributed by atoms with van der Waals surface area (Å²) in [6.07, 6.45) is 1.60. The molecular weight excluding hydrogens is 669 g/mol. The molecule has 4 aromatic rings. The molecule has 0 aliphatic carbocycles. The smallest absolute Gasteiger partial charge is 0.340 e. The van der Waals surface area contributed by atoms with Gasteiger partial charge in [0.05, 0.1) is 40.4 Å². The number of urea groups is 1. The number of likely N-dealkylation sites (tertiary alicyclic amines) is 1. The van der Waals surface area contributed by atoms with Gasteiger partial charge in [0.1, 0.15) is 29.0 Å². The van der Waals surface area contributed by atoms with Gasteiger partial charge < -0.3 is 39.2 Å². The van der Waals surface area contributed by atoms with Crippen LogP contribution in [0.4, 0.5) is 10.5 Å². The first-order chi connectivity index (χ1) is 23.4. The Morgan fingerprint density at radius 2 is 1.71 bits per heavy atom. The van der Waals surface area contributed by atoms with Crippen molar-refractivity contribution in [3.63, 3.8) is 0 Å². The Kier molecular flexibility index (Phi) is 11.0. The molecule has 1 aromatic heterocycles. The van der Waals surface area contributed by atoms with Gasteiger partial charge in [-0.25, -0.2) is 4.79 Å². The van der Waals surface area contributed by atoms with Crippen molar-refractivity contribution in [2.75, 3.05) is 39.7 Å². The molecule has 4 N–H and O–H groups in total. The van der Waals surface area contributed by atoms with Crippen LogP contribution < -0.4 is 24.7 Å². The fraction of sp³-hybridized carbons (Fsp3) is 0.314. The Labute approximate surface area is 290 Å². The first kappa shape index (κ1) is 35.5. The lowest BCUT2D eigenvalue weighted by molar-refractivity contribution is -0.928. The standard InChI is InChI=1S/C35H40N4O8S2/c1-39(21-25-8-15-32(45-2)33(20-25)46-3)17-4-5-27(22-39)38(31(34(36)41)19-24-6-11-28(40)12-7-24)35(42)37-26-9-13-29(14-10-26)47-49(43,44)30-16-18-48-23-30/h6-16,18,20,23,27,31H,4-5,17,19,21-22H2,1-3H3,(H3-,36,37,40,41,42)/p+1/t27-,31-,39?/m0/s1. The van der Waals surface area contributed by atoms with Gasteiger partial charge in [0.2, 0.25) is 5.91 Å². The molecule has 0 bridgehead atoms. The predicted octanol–water partition coefficient (Wildman–Crippen LogP) is 4.98. The number of nitrogens with one attached hydrogen (secondary N) is 1. The summed E-state index contributed by atoms with van der Waals surface area (Å²) < 4.78 is 41.9. The number of piperidine rings is 1. The number of quaternary nitrogens is 1. The highest BCUT2D eigenvalue weighted by molar-refractivity contribution is 7.87. The molecule has 0 radical (unpaired) electrons. The number of benzene rings is 3. The maximum Gasteiger partial charge on any atom is 0.340 e. The van der Waals surface area contributed by atoms with Crippen LogP contribution in [0.3, 0.4) is 0 Å². The van der Waals surface area contributed by atoms with Gasteiger partial charge >= 0.3 is 16.1 Å². The highest BCUT2D eigenvalue weighted by Crippen LogP contribution is 2.32. The second-order valence-electron chi connectivity index (χ2n) is 12.3. The topological polar surface area (TPSA) is 157 Å². The minimum Gasteiger partial charge on any atom is -0.508 e. The molecule has 5 rings (SSSR count). The summed E-state index contributed by atoms with van der Waals surface area (Å²) in [5, 5.41) is 15.8. The van der Waals surface area contributed by atoms with Crippen LogP contribution in [0.1, 0.15) is 24.0 Å². The SMILES string of the molecule is COc1ccc(C[N+]2(C)CCC[C@H](N(C(=O)Nc3ccc(OS(=O)(=O)c4ccsc4)cc3)[C@@H](Cc3ccc(O)cc3)C(N)=O)C2)cc1OC. The van der Waals surface area contributed by atoms with E-state index in [1.807, 2.05) is 18.2 Å². The van der Waals surface area contributed by atoms with E-state index in [9.17, 15) is 23.1 Å². The zero-order valence-electron chi connectivity index (χ0n) is 27.6. The number of nitrogens with zero attached hydrogens (tertiary/aromatic N) is 2. The van der Waals surface area contributed by atoms with Crippen LogP contribution in [0.2, 0.25) is 0 Å². The highest BCUT2D eigenvalue weighted by atomic mass is 32.2. The molecule has 12 nitrogen and oxygen atoms in total. The Morgan fingerprint density at radius 1 is 1.02 bits per heavy atom. The number of carbonyl (C=O) groups excluding carboxylic acids is 2. The van der Waals surface area contributed by atoms with Gasteiger partial charge in [-0.1, -0.05) is 12.1 Å². The highest BCUT2D eigenvalue weighted by Gasteiger charge is 2.41. The minimum absolute atomic E-state index is 0.0562. The van der Waals surface area contributed by atoms with Gasteiger partial charge in [0, 0.05) is 23.1 Å². The van der Waals surface area contributed by atoms with Crippen LogP contribution in [-0.4, -0.2) is 81.3 Å². The van der Waals surface area contributed by atoms with Gasteiger partial charge in [-0.3, -0.25) is 4.79 Å². The van der Waals surface area contributed by atoms with Crippen LogP contribution >= 0.6 is 11.3 Å². The minimum atomic E-state index is -4.00. The van der Waals surface area contributed by atoms with E-state index < -0.39 is 28.1 Å². The number of nitrogens with two attached hydrogens (primary N) is 1. The first-order valence-electron chi connectivity index (χ1n) is 15.7. The number of anilines is 1. The number of methoxy groups -OCH3 is 2. The number of hydrogen-bond donors (Lipinski definition) is 3. The van der Waals surface area contributed by atoms with Crippen molar-refractivity contribution in [1.82, 2.24) is 4.90 Å². The zero-order chi connectivity index (χ0) is 35.2. The second kappa shape index (κ2) is 15.2. The van der Waals surface area contributed by atoms with Gasteiger partial charge in [-0.2, -0.15) is 19.8 Å². The van der Waals surface area contributed by atoms with Gasteiger partial charge in [0.15, 0.2) is 11.5 Å². The number of thiophene rings is 1. The van der Waals surface area contributed by atoms with Crippen LogP contribution in [-0.2, 0) is 27.9 Å². The number of likely N-dealkylation sites (N-methyl/N-ethyl adjacent to an activating group) is 1. The van der Waals surface area contributed by atoms with Gasteiger partial charge in [0.25, 0.3) is 0 Å². The molecule has 14 heteroatoms. The lowest BCUT2D eigenvalue weighted by atomic mass is 9.96. The summed E-state index contributed by atoms with van der Waals surface area (Å²) in [7, 11) is 1.31. The van der Waals surface area contributed by atoms with Gasteiger partial charge in [-0.05, 0) is 84.4 Å². The summed E-state index contributed by atoms with van der Waals surface area (Å²) in [6.45, 7) is 2.06. The van der Waals surface area contributed by atoms with E-state index in [0.717, 1.165) is 24.1 Å². The van der Waals surface area contributed by atoms with E-state index in [1.54, 1.807) is 36.6 Å². The van der Waals surface area contributed by atoms with Gasteiger partial charge in [-0.15, -0.1) is 0 Å². The average molecular weight is 710 g/mol. The summed E-state index contributed by atoms with van der Waals surface area (Å²) >= 11 is 1.24. The van der Waals surface area contributed by atoms with Crippen molar-refractivity contribution in [3.05, 3.63) is 94.7 Å². The van der Waals surface area contributed by atoms with E-state index in [-0.39, 0.29) is 28.9 Å². The summed E-state index contributed by atoms with van der Waals surface area (Å²) in [4.78, 5) is 28.9. The molecule has 260 valence electrons. The number of phenols is 1. The van der Waals surface area contributed by atoms with Crippen LogP contribution in [0.15, 0.2) is 88.5 Å². The van der Waals surface area contributed by atoms with E-state index in [1.165, 1.54) is 59.2 Å². The molecule has 0 saturated carbocycles. The third-order valence-corrected chi connectivity index (χ3v) is 10.7. The Hall–Kier alpha value is -4.79. The predicted molar refractivity (Wildman–Crippen MR) is 186 cm³/mol. The number of hydrogen-bond acceptors (Lipinski definition) is 9. The summed E-state index contributed by atoms with van der Waals surface area (Å²) in [5.74, 6) is 0.768. The number of aromatic hydroxyl groups is 1. The van der Waals surface area contributed by atoms with Crippen LogP contribution in [0.5, 0.6) is 23.0 Å². The Morgan fingerprint density at radius 3 is 2.35 bits per heavy atom. The van der Waals surface area contributed by atoms with Crippen molar-refractivity contribution in [3.8, 4) is 23.0 Å². The van der Waals surface area contributed by atoms with Crippen molar-refractivity contribution < 1.29 is 41.3 Å². The lowest BCUT2D eigenvalue weighted by Crippen LogP contribution is -2.62. The quantitative estimate of drug-likeness (QED) is 0.130. The molecule has 1 fully saturated rings. The molecule has 1 unspecified atom stereocenters. The third-order valence-electron chi connectivity index (χ3n) is 8.65. The van der Waals surface area contributed by atoms with Crippen LogP contribution in [0.25, 0.3) is 0 Å². The molecule has 0 spiro atoms. The molecule has 49 heavy (non-hydrogen) atoms. The van der Waals surface area contributed by atoms with Crippen molar-refractivity contribution in [2.45, 2.75) is 42.8 Å². The van der Waals surface area contributed by atoms with Crippen LogP contribution in [0, 0.1) is 0 Å². The van der Waals surface area contributed by atoms with Crippen molar-refractivity contribution in [2.24, 2.45) is 5.73 Å². The normalized spacial score (nSPS) is 18.2. The number of phenolic OH excluding ortho intramolecular Hbond substituents is 1. The number of carbonyl (C=O) groups is 2. The summed E-state index contributed by atoms with van der Waals surface area (Å²) in [5.41, 5.74) is 8.15. The monoisotopic (exact) mass is 709 g/mol. The molecular formula is C35H41N4O8S2+. The molecule has 3 aromatic carbocycles. The lowest BCUT2D eigenvalue weighted by Gasteiger charge is -2.46. The largest absolute Gasteiger partial charge is 0.508 e. The molecule has 1 aliphatic rings. The van der Waals surface area contributed by atoms with E-state index >= 15 is 0 Å². The number of rotatable bonds is 13. The van der Waals surface area contributed by atoms with Crippen molar-refractivity contribution in [1.29, 1.82) is 0 Å². The average Bonchev–Trinajstić information content (AvgIpc) is 3.63. The third kappa shape index (κ3) is 8.82. The molecule has 3 amide bonds. The Bertz CT molecular complexity index is 1850. The maximum absolute atomic E-state index is 14.2. The fourth-order valence-corrected chi connectivity index (χ4v) is 8.23.